The second-order valence-corrected chi connectivity index (χ2v) is 6.47. The highest BCUT2D eigenvalue weighted by molar-refractivity contribution is 14.0. The lowest BCUT2D eigenvalue weighted by atomic mass is 9.98. The van der Waals surface area contributed by atoms with Gasteiger partial charge in [0, 0.05) is 26.7 Å². The van der Waals surface area contributed by atoms with Gasteiger partial charge in [0.25, 0.3) is 0 Å². The fourth-order valence-electron chi connectivity index (χ4n) is 2.84. The van der Waals surface area contributed by atoms with Crippen LogP contribution in [0.1, 0.15) is 50.2 Å². The van der Waals surface area contributed by atoms with E-state index in [0.717, 1.165) is 37.2 Å². The van der Waals surface area contributed by atoms with Gasteiger partial charge in [0.2, 0.25) is 0 Å². The van der Waals surface area contributed by atoms with E-state index in [0.29, 0.717) is 19.2 Å². The largest absolute Gasteiger partial charge is 0.378 e. The molecule has 2 rings (SSSR count). The van der Waals surface area contributed by atoms with Crippen LogP contribution in [0.25, 0.3) is 0 Å². The van der Waals surface area contributed by atoms with Crippen molar-refractivity contribution in [3.63, 3.8) is 0 Å². The first kappa shape index (κ1) is 22.9. The second-order valence-electron chi connectivity index (χ2n) is 6.47. The number of ether oxygens (including phenoxy) is 1. The molecule has 26 heavy (non-hydrogen) atoms. The van der Waals surface area contributed by atoms with Crippen LogP contribution in [0.15, 0.2) is 17.6 Å². The van der Waals surface area contributed by atoms with Crippen LogP contribution in [0.4, 0.5) is 0 Å². The summed E-state index contributed by atoms with van der Waals surface area (Å²) < 4.78 is 7.91. The summed E-state index contributed by atoms with van der Waals surface area (Å²) >= 11 is 0. The number of rotatable bonds is 9. The quantitative estimate of drug-likeness (QED) is 0.189. The summed E-state index contributed by atoms with van der Waals surface area (Å²) in [5.74, 6) is 2.50. The highest BCUT2D eigenvalue weighted by Crippen LogP contribution is 2.20. The van der Waals surface area contributed by atoms with Crippen molar-refractivity contribution in [2.45, 2.75) is 58.1 Å². The number of guanidine groups is 1. The number of hydrogen-bond donors (Lipinski definition) is 2. The SMILES string of the molecule is C=CCNC(=NCc1nnc(C)n1C)NCCCOC1CCCCC1.I. The standard InChI is InChI=1S/C18H32N6O.HI/c1-4-11-19-18(21-14-17-23-22-15(2)24(17)3)20-12-8-13-25-16-9-6-5-7-10-16;/h4,16H,1,5-14H2,2-3H3,(H2,19,20,21);1H. The highest BCUT2D eigenvalue weighted by Gasteiger charge is 2.13. The van der Waals surface area contributed by atoms with Crippen molar-refractivity contribution in [1.82, 2.24) is 25.4 Å². The zero-order valence-electron chi connectivity index (χ0n) is 16.0. The smallest absolute Gasteiger partial charge is 0.191 e. The molecule has 7 nitrogen and oxygen atoms in total. The number of halogens is 1. The lowest BCUT2D eigenvalue weighted by Gasteiger charge is -2.22. The average molecular weight is 476 g/mol. The van der Waals surface area contributed by atoms with Crippen LogP contribution in [0.3, 0.4) is 0 Å². The van der Waals surface area contributed by atoms with E-state index in [9.17, 15) is 0 Å². The minimum atomic E-state index is 0. The van der Waals surface area contributed by atoms with Gasteiger partial charge >= 0.3 is 0 Å². The van der Waals surface area contributed by atoms with Crippen LogP contribution in [0, 0.1) is 6.92 Å². The summed E-state index contributed by atoms with van der Waals surface area (Å²) in [6.45, 7) is 8.46. The minimum absolute atomic E-state index is 0. The molecule has 0 radical (unpaired) electrons. The molecule has 0 unspecified atom stereocenters. The molecule has 0 aliphatic heterocycles. The lowest BCUT2D eigenvalue weighted by molar-refractivity contribution is 0.0277. The van der Waals surface area contributed by atoms with Gasteiger partial charge in [0.05, 0.1) is 6.10 Å². The molecule has 1 saturated carbocycles. The van der Waals surface area contributed by atoms with Crippen LogP contribution >= 0.6 is 24.0 Å². The summed E-state index contributed by atoms with van der Waals surface area (Å²) in [5.41, 5.74) is 0. The maximum absolute atomic E-state index is 5.96. The Hall–Kier alpha value is -1.16. The predicted molar refractivity (Wildman–Crippen MR) is 116 cm³/mol. The third-order valence-corrected chi connectivity index (χ3v) is 4.49. The van der Waals surface area contributed by atoms with Crippen molar-refractivity contribution in [2.24, 2.45) is 12.0 Å². The van der Waals surface area contributed by atoms with E-state index in [2.05, 4.69) is 32.4 Å². The van der Waals surface area contributed by atoms with Gasteiger partial charge in [0.15, 0.2) is 11.8 Å². The third-order valence-electron chi connectivity index (χ3n) is 4.49. The molecule has 0 aromatic carbocycles. The summed E-state index contributed by atoms with van der Waals surface area (Å²) in [6.07, 6.45) is 9.68. The number of hydrogen-bond acceptors (Lipinski definition) is 4. The van der Waals surface area contributed by atoms with Crippen molar-refractivity contribution in [3.05, 3.63) is 24.3 Å². The van der Waals surface area contributed by atoms with Crippen LogP contribution in [0.5, 0.6) is 0 Å². The summed E-state index contributed by atoms with van der Waals surface area (Å²) in [6, 6.07) is 0. The van der Waals surface area contributed by atoms with Gasteiger partial charge in [-0.15, -0.1) is 40.8 Å². The van der Waals surface area contributed by atoms with Crippen molar-refractivity contribution in [2.75, 3.05) is 19.7 Å². The first-order valence-corrected chi connectivity index (χ1v) is 9.30. The Kier molecular flexibility index (Phi) is 11.5. The Labute approximate surface area is 174 Å². The first-order chi connectivity index (χ1) is 12.2. The molecule has 0 saturated heterocycles. The third kappa shape index (κ3) is 8.03. The zero-order valence-corrected chi connectivity index (χ0v) is 18.4. The van der Waals surface area contributed by atoms with E-state index in [1.54, 1.807) is 0 Å². The van der Waals surface area contributed by atoms with Crippen LogP contribution in [0.2, 0.25) is 0 Å². The monoisotopic (exact) mass is 476 g/mol. The molecule has 0 atom stereocenters. The van der Waals surface area contributed by atoms with Crippen LogP contribution < -0.4 is 10.6 Å². The topological polar surface area (TPSA) is 76.4 Å². The molecule has 0 amide bonds. The van der Waals surface area contributed by atoms with Crippen molar-refractivity contribution in [3.8, 4) is 0 Å². The minimum Gasteiger partial charge on any atom is -0.378 e. The van der Waals surface area contributed by atoms with Gasteiger partial charge in [0.1, 0.15) is 12.4 Å². The number of aromatic nitrogens is 3. The summed E-state index contributed by atoms with van der Waals surface area (Å²) in [5, 5.41) is 14.8. The fraction of sp³-hybridized carbons (Fsp3) is 0.722. The molecule has 1 aromatic heterocycles. The van der Waals surface area contributed by atoms with E-state index in [1.807, 2.05) is 24.6 Å². The Balaban J connectivity index is 0.00000338. The molecule has 8 heteroatoms. The number of aryl methyl sites for hydroxylation is 1. The van der Waals surface area contributed by atoms with Gasteiger partial charge in [-0.1, -0.05) is 25.3 Å². The number of aliphatic imine (C=N–C) groups is 1. The van der Waals surface area contributed by atoms with E-state index >= 15 is 0 Å². The molecule has 1 fully saturated rings. The molecule has 0 bridgehead atoms. The van der Waals surface area contributed by atoms with Gasteiger partial charge in [-0.05, 0) is 26.2 Å². The normalized spacial score (nSPS) is 15.4. The van der Waals surface area contributed by atoms with Crippen molar-refractivity contribution < 1.29 is 4.74 Å². The van der Waals surface area contributed by atoms with E-state index in [-0.39, 0.29) is 24.0 Å². The van der Waals surface area contributed by atoms with Gasteiger partial charge in [-0.25, -0.2) is 4.99 Å². The van der Waals surface area contributed by atoms with Crippen molar-refractivity contribution >= 4 is 29.9 Å². The number of nitrogens with one attached hydrogen (secondary N) is 2. The first-order valence-electron chi connectivity index (χ1n) is 9.30. The Morgan fingerprint density at radius 1 is 1.31 bits per heavy atom. The van der Waals surface area contributed by atoms with Crippen LogP contribution in [-0.2, 0) is 18.3 Å². The molecular formula is C18H33IN6O. The summed E-state index contributed by atoms with van der Waals surface area (Å²) in [4.78, 5) is 4.58. The average Bonchev–Trinajstić information content (AvgIpc) is 2.96. The number of nitrogens with zero attached hydrogens (tertiary/aromatic N) is 4. The van der Waals surface area contributed by atoms with Gasteiger partial charge in [-0.3, -0.25) is 0 Å². The Bertz CT molecular complexity index is 554. The molecule has 148 valence electrons. The highest BCUT2D eigenvalue weighted by atomic mass is 127. The fourth-order valence-corrected chi connectivity index (χ4v) is 2.84. The van der Waals surface area contributed by atoms with E-state index in [1.165, 1.54) is 32.1 Å². The second kappa shape index (κ2) is 13.1. The van der Waals surface area contributed by atoms with Crippen LogP contribution in [-0.4, -0.2) is 46.5 Å². The molecule has 2 N–H and O–H groups in total. The zero-order chi connectivity index (χ0) is 17.9. The van der Waals surface area contributed by atoms with Gasteiger partial charge in [-0.2, -0.15) is 0 Å². The molecular weight excluding hydrogens is 443 g/mol. The predicted octanol–water partition coefficient (Wildman–Crippen LogP) is 2.70. The molecule has 1 aliphatic carbocycles. The van der Waals surface area contributed by atoms with E-state index in [4.69, 9.17) is 4.74 Å². The molecule has 1 aromatic rings. The maximum atomic E-state index is 5.96. The molecule has 1 aliphatic rings. The van der Waals surface area contributed by atoms with E-state index < -0.39 is 0 Å². The Morgan fingerprint density at radius 3 is 2.73 bits per heavy atom. The Morgan fingerprint density at radius 2 is 2.08 bits per heavy atom. The van der Waals surface area contributed by atoms with Crippen molar-refractivity contribution in [1.29, 1.82) is 0 Å². The molecule has 1 heterocycles. The van der Waals surface area contributed by atoms with Gasteiger partial charge < -0.3 is 19.9 Å². The summed E-state index contributed by atoms with van der Waals surface area (Å²) in [7, 11) is 1.95. The maximum Gasteiger partial charge on any atom is 0.191 e. The molecule has 0 spiro atoms. The lowest BCUT2D eigenvalue weighted by Crippen LogP contribution is -2.38.